The number of nitrogens with zero attached hydrogens (tertiary/aromatic N) is 1. The van der Waals surface area contributed by atoms with Crippen molar-refractivity contribution in [1.82, 2.24) is 5.32 Å². The number of nitrogens with one attached hydrogen (secondary N) is 2. The molecule has 3 N–H and O–H groups in total. The minimum Gasteiger partial charge on any atom is -0.478 e. The van der Waals surface area contributed by atoms with Crippen molar-refractivity contribution >= 4 is 46.1 Å². The lowest BCUT2D eigenvalue weighted by Gasteiger charge is -2.07. The van der Waals surface area contributed by atoms with E-state index >= 15 is 0 Å². The lowest BCUT2D eigenvalue weighted by molar-refractivity contribution is -0.122. The van der Waals surface area contributed by atoms with Gasteiger partial charge in [0.2, 0.25) is 11.8 Å². The molecule has 2 amide bonds. The van der Waals surface area contributed by atoms with Crippen LogP contribution in [0.3, 0.4) is 0 Å². The van der Waals surface area contributed by atoms with Gasteiger partial charge in [0.25, 0.3) is 0 Å². The highest BCUT2D eigenvalue weighted by Crippen LogP contribution is 2.25. The molecule has 0 unspecified atom stereocenters. The van der Waals surface area contributed by atoms with E-state index in [4.69, 9.17) is 5.11 Å². The van der Waals surface area contributed by atoms with Crippen molar-refractivity contribution in [3.05, 3.63) is 59.7 Å². The lowest BCUT2D eigenvalue weighted by atomic mass is 10.2. The Morgan fingerprint density at radius 3 is 2.63 bits per heavy atom. The number of benzene rings is 2. The van der Waals surface area contributed by atoms with Crippen LogP contribution < -0.4 is 10.6 Å². The van der Waals surface area contributed by atoms with Crippen LogP contribution in [0.4, 0.5) is 11.4 Å². The van der Waals surface area contributed by atoms with Crippen LogP contribution in [0.1, 0.15) is 22.3 Å². The van der Waals surface area contributed by atoms with Gasteiger partial charge in [-0.15, -0.1) is 0 Å². The molecule has 2 aromatic carbocycles. The first kappa shape index (κ1) is 18.7. The standard InChI is InChI=1S/C19H17N3O4S/c1-11-3-2-4-14(9-11)20-16(23)10-15-17(24)22-19(27-15)21-13-7-5-12(6-8-13)18(25)26/h2-9,15H,10H2,1H3,(H,20,23)(H,25,26)(H,21,22,24)/t15-/m0/s1. The molecule has 0 radical (unpaired) electrons. The smallest absolute Gasteiger partial charge is 0.335 e. The third-order valence-corrected chi connectivity index (χ3v) is 4.88. The fourth-order valence-corrected chi connectivity index (χ4v) is 3.48. The van der Waals surface area contributed by atoms with Crippen molar-refractivity contribution in [2.45, 2.75) is 18.6 Å². The summed E-state index contributed by atoms with van der Waals surface area (Å²) < 4.78 is 0. The third kappa shape index (κ3) is 4.95. The highest BCUT2D eigenvalue weighted by Gasteiger charge is 2.32. The highest BCUT2D eigenvalue weighted by atomic mass is 32.2. The van der Waals surface area contributed by atoms with Gasteiger partial charge >= 0.3 is 5.97 Å². The molecule has 1 aliphatic rings. The van der Waals surface area contributed by atoms with Crippen LogP contribution in [-0.4, -0.2) is 33.3 Å². The van der Waals surface area contributed by atoms with E-state index in [0.717, 1.165) is 5.56 Å². The number of amides is 2. The number of amidine groups is 1. The molecular formula is C19H17N3O4S. The van der Waals surface area contributed by atoms with Crippen LogP contribution in [0.5, 0.6) is 0 Å². The van der Waals surface area contributed by atoms with Gasteiger partial charge in [-0.05, 0) is 48.9 Å². The molecule has 7 nitrogen and oxygen atoms in total. The van der Waals surface area contributed by atoms with E-state index < -0.39 is 11.2 Å². The third-order valence-electron chi connectivity index (χ3n) is 3.79. The number of thioether (sulfide) groups is 1. The maximum atomic E-state index is 12.2. The van der Waals surface area contributed by atoms with Gasteiger partial charge in [0.15, 0.2) is 5.17 Å². The Bertz CT molecular complexity index is 925. The average molecular weight is 383 g/mol. The molecular weight excluding hydrogens is 366 g/mol. The summed E-state index contributed by atoms with van der Waals surface area (Å²) in [4.78, 5) is 39.4. The summed E-state index contributed by atoms with van der Waals surface area (Å²) in [6, 6.07) is 13.4. The summed E-state index contributed by atoms with van der Waals surface area (Å²) in [5, 5.41) is 14.2. The zero-order valence-electron chi connectivity index (χ0n) is 14.4. The quantitative estimate of drug-likeness (QED) is 0.736. The van der Waals surface area contributed by atoms with Crippen LogP contribution in [0.25, 0.3) is 0 Å². The maximum absolute atomic E-state index is 12.2. The normalized spacial score (nSPS) is 17.6. The summed E-state index contributed by atoms with van der Waals surface area (Å²) in [5.74, 6) is -1.54. The number of rotatable bonds is 5. The number of aliphatic imine (C=N–C) groups is 1. The van der Waals surface area contributed by atoms with Gasteiger partial charge < -0.3 is 15.7 Å². The Balaban J connectivity index is 1.61. The monoisotopic (exact) mass is 383 g/mol. The van der Waals surface area contributed by atoms with Crippen molar-refractivity contribution in [3.8, 4) is 0 Å². The number of anilines is 1. The SMILES string of the molecule is Cc1cccc(NC(=O)C[C@@H]2SC(=Nc3ccc(C(=O)O)cc3)NC2=O)c1. The second kappa shape index (κ2) is 8.05. The highest BCUT2D eigenvalue weighted by molar-refractivity contribution is 8.15. The Hall–Kier alpha value is -3.13. The number of hydrogen-bond acceptors (Lipinski definition) is 5. The summed E-state index contributed by atoms with van der Waals surface area (Å²) in [7, 11) is 0. The van der Waals surface area contributed by atoms with E-state index in [9.17, 15) is 14.4 Å². The van der Waals surface area contributed by atoms with Gasteiger partial charge in [0.1, 0.15) is 5.25 Å². The van der Waals surface area contributed by atoms with Crippen LogP contribution >= 0.6 is 11.8 Å². The van der Waals surface area contributed by atoms with Crippen LogP contribution in [-0.2, 0) is 9.59 Å². The predicted octanol–water partition coefficient (Wildman–Crippen LogP) is 2.94. The molecule has 138 valence electrons. The van der Waals surface area contributed by atoms with Gasteiger partial charge in [-0.2, -0.15) is 0 Å². The number of carbonyl (C=O) groups excluding carboxylic acids is 2. The van der Waals surface area contributed by atoms with Gasteiger partial charge in [-0.1, -0.05) is 23.9 Å². The molecule has 3 rings (SSSR count). The molecule has 0 bridgehead atoms. The molecule has 1 aliphatic heterocycles. The summed E-state index contributed by atoms with van der Waals surface area (Å²) in [6.45, 7) is 1.93. The number of hydrogen-bond donors (Lipinski definition) is 3. The van der Waals surface area contributed by atoms with Crippen LogP contribution in [0.15, 0.2) is 53.5 Å². The first-order valence-corrected chi connectivity index (χ1v) is 9.05. The predicted molar refractivity (Wildman–Crippen MR) is 104 cm³/mol. The molecule has 27 heavy (non-hydrogen) atoms. The number of aryl methyl sites for hydroxylation is 1. The molecule has 0 aliphatic carbocycles. The number of carbonyl (C=O) groups is 3. The van der Waals surface area contributed by atoms with Crippen molar-refractivity contribution in [2.24, 2.45) is 4.99 Å². The molecule has 1 atom stereocenters. The van der Waals surface area contributed by atoms with E-state index in [2.05, 4.69) is 15.6 Å². The van der Waals surface area contributed by atoms with E-state index in [1.807, 2.05) is 25.1 Å². The molecule has 1 fully saturated rings. The Morgan fingerprint density at radius 1 is 1.22 bits per heavy atom. The van der Waals surface area contributed by atoms with Crippen molar-refractivity contribution in [1.29, 1.82) is 0 Å². The van der Waals surface area contributed by atoms with E-state index in [0.29, 0.717) is 16.5 Å². The lowest BCUT2D eigenvalue weighted by Crippen LogP contribution is -2.28. The second-order valence-electron chi connectivity index (χ2n) is 5.99. The molecule has 8 heteroatoms. The van der Waals surface area contributed by atoms with E-state index in [1.54, 1.807) is 18.2 Å². The second-order valence-corrected chi connectivity index (χ2v) is 7.18. The fraction of sp³-hybridized carbons (Fsp3) is 0.158. The van der Waals surface area contributed by atoms with Gasteiger partial charge in [-0.3, -0.25) is 9.59 Å². The first-order valence-electron chi connectivity index (χ1n) is 8.17. The van der Waals surface area contributed by atoms with Crippen molar-refractivity contribution < 1.29 is 19.5 Å². The molecule has 1 heterocycles. The first-order chi connectivity index (χ1) is 12.9. The van der Waals surface area contributed by atoms with E-state index in [1.165, 1.54) is 23.9 Å². The minimum atomic E-state index is -1.02. The number of carboxylic acids is 1. The van der Waals surface area contributed by atoms with Crippen LogP contribution in [0, 0.1) is 6.92 Å². The largest absolute Gasteiger partial charge is 0.478 e. The molecule has 2 aromatic rings. The summed E-state index contributed by atoms with van der Waals surface area (Å²) >= 11 is 1.18. The number of aromatic carboxylic acids is 1. The number of carboxylic acid groups (broad SMARTS) is 1. The maximum Gasteiger partial charge on any atom is 0.335 e. The van der Waals surface area contributed by atoms with E-state index in [-0.39, 0.29) is 23.8 Å². The average Bonchev–Trinajstić information content (AvgIpc) is 2.94. The molecule has 0 spiro atoms. The zero-order valence-corrected chi connectivity index (χ0v) is 15.2. The molecule has 0 saturated carbocycles. The fourth-order valence-electron chi connectivity index (χ4n) is 2.49. The van der Waals surface area contributed by atoms with Crippen molar-refractivity contribution in [3.63, 3.8) is 0 Å². The van der Waals surface area contributed by atoms with Gasteiger partial charge in [-0.25, -0.2) is 9.79 Å². The van der Waals surface area contributed by atoms with Crippen molar-refractivity contribution in [2.75, 3.05) is 5.32 Å². The minimum absolute atomic E-state index is 0.0292. The Morgan fingerprint density at radius 2 is 1.96 bits per heavy atom. The summed E-state index contributed by atoms with van der Waals surface area (Å²) in [6.07, 6.45) is 0.0292. The zero-order chi connectivity index (χ0) is 19.4. The topological polar surface area (TPSA) is 108 Å². The molecule has 1 saturated heterocycles. The van der Waals surface area contributed by atoms with Crippen LogP contribution in [0.2, 0.25) is 0 Å². The van der Waals surface area contributed by atoms with Gasteiger partial charge in [0, 0.05) is 12.1 Å². The van der Waals surface area contributed by atoms with Gasteiger partial charge in [0.05, 0.1) is 11.3 Å². The summed E-state index contributed by atoms with van der Waals surface area (Å²) in [5.41, 5.74) is 2.40. The Labute approximate surface area is 159 Å². The Kier molecular flexibility index (Phi) is 5.56. The molecule has 0 aromatic heterocycles.